The van der Waals surface area contributed by atoms with E-state index in [1.54, 1.807) is 0 Å². The summed E-state index contributed by atoms with van der Waals surface area (Å²) in [6.07, 6.45) is 0.569. The summed E-state index contributed by atoms with van der Waals surface area (Å²) < 4.78 is 9.08. The highest BCUT2D eigenvalue weighted by Crippen LogP contribution is 2.30. The third-order valence-corrected chi connectivity index (χ3v) is 4.27. The summed E-state index contributed by atoms with van der Waals surface area (Å²) in [5, 5.41) is 8.61. The summed E-state index contributed by atoms with van der Waals surface area (Å²) in [5.41, 5.74) is 0. The van der Waals surface area contributed by atoms with E-state index in [2.05, 4.69) is 67.8 Å². The zero-order chi connectivity index (χ0) is 13.0. The van der Waals surface area contributed by atoms with E-state index in [0.717, 1.165) is 12.9 Å². The maximum atomic E-state index is 10.5. The van der Waals surface area contributed by atoms with Gasteiger partial charge < -0.3 is 9.84 Å². The van der Waals surface area contributed by atoms with Crippen LogP contribution in [0.5, 0.6) is 5.75 Å². The van der Waals surface area contributed by atoms with Gasteiger partial charge in [0.2, 0.25) is 0 Å². The molecule has 0 heterocycles. The molecular weight excluding hydrogens is 561 g/mol. The van der Waals surface area contributed by atoms with Gasteiger partial charge in [0.25, 0.3) is 0 Å². The molecule has 0 fully saturated rings. The van der Waals surface area contributed by atoms with Crippen LogP contribution in [-0.2, 0) is 4.79 Å². The Morgan fingerprint density at radius 2 is 1.88 bits per heavy atom. The molecule has 0 aliphatic carbocycles. The van der Waals surface area contributed by atoms with Crippen LogP contribution in [0.2, 0.25) is 0 Å². The van der Waals surface area contributed by atoms with Crippen molar-refractivity contribution in [1.82, 2.24) is 0 Å². The van der Waals surface area contributed by atoms with Crippen LogP contribution in [0.1, 0.15) is 19.8 Å². The topological polar surface area (TPSA) is 46.5 Å². The minimum Gasteiger partial charge on any atom is -0.488 e. The lowest BCUT2D eigenvalue weighted by atomic mass is 10.2. The zero-order valence-electron chi connectivity index (χ0n) is 9.04. The van der Waals surface area contributed by atoms with Crippen LogP contribution in [0.3, 0.4) is 0 Å². The number of carboxylic acids is 1. The minimum atomic E-state index is -0.785. The number of aliphatic carboxylic acids is 1. The monoisotopic (exact) mass is 572 g/mol. The molecule has 1 aromatic rings. The Morgan fingerprint density at radius 3 is 2.35 bits per heavy atom. The Balaban J connectivity index is 2.71. The number of rotatable bonds is 5. The largest absolute Gasteiger partial charge is 0.488 e. The van der Waals surface area contributed by atoms with Gasteiger partial charge in [-0.05, 0) is 93.2 Å². The molecule has 17 heavy (non-hydrogen) atoms. The number of carboxylic acid groups (broad SMARTS) is 1. The molecule has 1 rings (SSSR count). The molecular formula is C11H11I3O3. The molecule has 94 valence electrons. The van der Waals surface area contributed by atoms with Crippen LogP contribution >= 0.6 is 67.8 Å². The van der Waals surface area contributed by atoms with E-state index in [1.807, 2.05) is 19.1 Å². The average Bonchev–Trinajstić information content (AvgIpc) is 2.20. The summed E-state index contributed by atoms with van der Waals surface area (Å²) in [7, 11) is 0. The molecule has 1 atom stereocenters. The van der Waals surface area contributed by atoms with Crippen molar-refractivity contribution in [3.63, 3.8) is 0 Å². The van der Waals surface area contributed by atoms with Crippen LogP contribution in [0.15, 0.2) is 12.1 Å². The Hall–Kier alpha value is 0.680. The first-order valence-electron chi connectivity index (χ1n) is 4.93. The predicted molar refractivity (Wildman–Crippen MR) is 91.6 cm³/mol. The highest BCUT2D eigenvalue weighted by Gasteiger charge is 2.13. The minimum absolute atomic E-state index is 0.0896. The van der Waals surface area contributed by atoms with Gasteiger partial charge in [-0.15, -0.1) is 0 Å². The number of ether oxygens (including phenoxy) is 1. The van der Waals surface area contributed by atoms with Gasteiger partial charge in [0.1, 0.15) is 5.75 Å². The maximum absolute atomic E-state index is 10.5. The Kier molecular flexibility index (Phi) is 6.77. The van der Waals surface area contributed by atoms with E-state index in [4.69, 9.17) is 9.84 Å². The van der Waals surface area contributed by atoms with Crippen molar-refractivity contribution in [2.75, 3.05) is 0 Å². The molecule has 0 aromatic heterocycles. The van der Waals surface area contributed by atoms with Crippen molar-refractivity contribution in [2.45, 2.75) is 25.9 Å². The molecule has 1 aromatic carbocycles. The second kappa shape index (κ2) is 7.31. The molecule has 0 spiro atoms. The fourth-order valence-electron chi connectivity index (χ4n) is 1.23. The van der Waals surface area contributed by atoms with E-state index in [9.17, 15) is 4.79 Å². The summed E-state index contributed by atoms with van der Waals surface area (Å²) in [6.45, 7) is 1.90. The van der Waals surface area contributed by atoms with Crippen molar-refractivity contribution < 1.29 is 14.6 Å². The van der Waals surface area contributed by atoms with E-state index in [-0.39, 0.29) is 12.5 Å². The normalized spacial score (nSPS) is 12.2. The standard InChI is InChI=1S/C11H11I3O3/c1-6(2-3-10(15)16)17-11-8(13)4-7(12)5-9(11)14/h4-6H,2-3H2,1H3,(H,15,16). The van der Waals surface area contributed by atoms with Gasteiger partial charge in [0.05, 0.1) is 13.2 Å². The Morgan fingerprint density at radius 1 is 1.35 bits per heavy atom. The van der Waals surface area contributed by atoms with Gasteiger partial charge in [-0.25, -0.2) is 0 Å². The first-order chi connectivity index (χ1) is 7.90. The first kappa shape index (κ1) is 15.7. The molecule has 0 bridgehead atoms. The van der Waals surface area contributed by atoms with Crippen LogP contribution in [0.25, 0.3) is 0 Å². The number of carbonyl (C=O) groups is 1. The molecule has 0 aliphatic heterocycles. The van der Waals surface area contributed by atoms with Crippen LogP contribution in [-0.4, -0.2) is 17.2 Å². The highest BCUT2D eigenvalue weighted by molar-refractivity contribution is 14.1. The molecule has 3 nitrogen and oxygen atoms in total. The first-order valence-corrected chi connectivity index (χ1v) is 8.16. The lowest BCUT2D eigenvalue weighted by Crippen LogP contribution is -2.15. The molecule has 0 aliphatic rings. The third kappa shape index (κ3) is 5.45. The maximum Gasteiger partial charge on any atom is 0.303 e. The van der Waals surface area contributed by atoms with Crippen molar-refractivity contribution in [1.29, 1.82) is 0 Å². The summed E-state index contributed by atoms with van der Waals surface area (Å²) in [5.74, 6) is 0.0666. The number of hydrogen-bond donors (Lipinski definition) is 1. The molecule has 0 saturated carbocycles. The summed E-state index contributed by atoms with van der Waals surface area (Å²) in [6, 6.07) is 4.09. The van der Waals surface area contributed by atoms with Crippen molar-refractivity contribution in [3.05, 3.63) is 22.8 Å². The van der Waals surface area contributed by atoms with Gasteiger partial charge in [0.15, 0.2) is 0 Å². The SMILES string of the molecule is CC(CCC(=O)O)Oc1c(I)cc(I)cc1I. The lowest BCUT2D eigenvalue weighted by molar-refractivity contribution is -0.137. The summed E-state index contributed by atoms with van der Waals surface area (Å²) >= 11 is 6.74. The molecule has 0 saturated heterocycles. The molecule has 0 radical (unpaired) electrons. The molecule has 1 N–H and O–H groups in total. The number of hydrogen-bond acceptors (Lipinski definition) is 2. The molecule has 0 amide bonds. The number of halogens is 3. The second-order valence-corrected chi connectivity index (χ2v) is 7.13. The Bertz CT molecular complexity index is 397. The zero-order valence-corrected chi connectivity index (χ0v) is 15.5. The fraction of sp³-hybridized carbons (Fsp3) is 0.364. The quantitative estimate of drug-likeness (QED) is 0.541. The Labute approximate surface area is 141 Å². The van der Waals surface area contributed by atoms with E-state index in [0.29, 0.717) is 6.42 Å². The van der Waals surface area contributed by atoms with E-state index < -0.39 is 5.97 Å². The van der Waals surface area contributed by atoms with E-state index in [1.165, 1.54) is 3.57 Å². The van der Waals surface area contributed by atoms with E-state index >= 15 is 0 Å². The van der Waals surface area contributed by atoms with Crippen LogP contribution in [0, 0.1) is 10.7 Å². The summed E-state index contributed by atoms with van der Waals surface area (Å²) in [4.78, 5) is 10.5. The van der Waals surface area contributed by atoms with Crippen molar-refractivity contribution in [2.24, 2.45) is 0 Å². The third-order valence-electron chi connectivity index (χ3n) is 2.05. The van der Waals surface area contributed by atoms with Gasteiger partial charge >= 0.3 is 5.97 Å². The molecule has 1 unspecified atom stereocenters. The number of benzene rings is 1. The highest BCUT2D eigenvalue weighted by atomic mass is 127. The van der Waals surface area contributed by atoms with Gasteiger partial charge in [0, 0.05) is 9.99 Å². The van der Waals surface area contributed by atoms with Crippen molar-refractivity contribution >= 4 is 73.7 Å². The van der Waals surface area contributed by atoms with Gasteiger partial charge in [-0.2, -0.15) is 0 Å². The van der Waals surface area contributed by atoms with Gasteiger partial charge in [-0.3, -0.25) is 4.79 Å². The van der Waals surface area contributed by atoms with Crippen LogP contribution in [0.4, 0.5) is 0 Å². The van der Waals surface area contributed by atoms with Crippen molar-refractivity contribution in [3.8, 4) is 5.75 Å². The fourth-order valence-corrected chi connectivity index (χ4v) is 5.07. The smallest absolute Gasteiger partial charge is 0.303 e. The second-order valence-electron chi connectivity index (χ2n) is 3.56. The van der Waals surface area contributed by atoms with Gasteiger partial charge in [-0.1, -0.05) is 0 Å². The lowest BCUT2D eigenvalue weighted by Gasteiger charge is -2.16. The van der Waals surface area contributed by atoms with Crippen LogP contribution < -0.4 is 4.74 Å². The molecule has 6 heteroatoms. The predicted octanol–water partition coefficient (Wildman–Crippen LogP) is 4.13. The average molecular weight is 572 g/mol.